The molecule has 92 valence electrons. The Kier molecular flexibility index (Phi) is 2.97. The van der Waals surface area contributed by atoms with Crippen molar-refractivity contribution >= 4 is 11.8 Å². The SMILES string of the molecule is O=C(O)Nc1cc(F)c(C2CC(O)C2)c(F)c1. The number of halogens is 2. The smallest absolute Gasteiger partial charge is 0.409 e. The van der Waals surface area contributed by atoms with Gasteiger partial charge >= 0.3 is 6.09 Å². The van der Waals surface area contributed by atoms with Gasteiger partial charge in [-0.05, 0) is 30.9 Å². The molecule has 0 aromatic heterocycles. The number of amides is 1. The van der Waals surface area contributed by atoms with Crippen molar-refractivity contribution in [2.75, 3.05) is 5.32 Å². The lowest BCUT2D eigenvalue weighted by Crippen LogP contribution is -2.28. The number of hydrogen-bond donors (Lipinski definition) is 3. The van der Waals surface area contributed by atoms with Crippen LogP contribution in [0.25, 0.3) is 0 Å². The van der Waals surface area contributed by atoms with Crippen molar-refractivity contribution in [3.63, 3.8) is 0 Å². The van der Waals surface area contributed by atoms with Gasteiger partial charge in [0.2, 0.25) is 0 Å². The predicted octanol–water partition coefficient (Wildman–Crippen LogP) is 2.29. The molecule has 2 rings (SSSR count). The zero-order valence-electron chi connectivity index (χ0n) is 8.78. The predicted molar refractivity (Wildman–Crippen MR) is 56.0 cm³/mol. The zero-order chi connectivity index (χ0) is 12.6. The topological polar surface area (TPSA) is 69.6 Å². The lowest BCUT2D eigenvalue weighted by molar-refractivity contribution is 0.0722. The molecule has 0 saturated heterocycles. The molecule has 0 unspecified atom stereocenters. The van der Waals surface area contributed by atoms with E-state index in [-0.39, 0.29) is 17.2 Å². The quantitative estimate of drug-likeness (QED) is 0.746. The Balaban J connectivity index is 2.26. The Morgan fingerprint density at radius 1 is 1.29 bits per heavy atom. The van der Waals surface area contributed by atoms with Crippen LogP contribution in [0.5, 0.6) is 0 Å². The van der Waals surface area contributed by atoms with Gasteiger partial charge in [-0.3, -0.25) is 5.32 Å². The van der Waals surface area contributed by atoms with Crippen LogP contribution in [0.2, 0.25) is 0 Å². The normalized spacial score (nSPS) is 23.0. The molecule has 1 fully saturated rings. The van der Waals surface area contributed by atoms with Gasteiger partial charge in [0, 0.05) is 11.3 Å². The van der Waals surface area contributed by atoms with E-state index in [1.54, 1.807) is 0 Å². The summed E-state index contributed by atoms with van der Waals surface area (Å²) < 4.78 is 27.2. The van der Waals surface area contributed by atoms with E-state index in [9.17, 15) is 13.6 Å². The first-order valence-electron chi connectivity index (χ1n) is 5.14. The summed E-state index contributed by atoms with van der Waals surface area (Å²) in [5.74, 6) is -1.90. The summed E-state index contributed by atoms with van der Waals surface area (Å²) in [7, 11) is 0. The number of rotatable bonds is 2. The maximum absolute atomic E-state index is 13.6. The number of anilines is 1. The molecule has 0 bridgehead atoms. The third kappa shape index (κ3) is 2.36. The fraction of sp³-hybridized carbons (Fsp3) is 0.364. The summed E-state index contributed by atoms with van der Waals surface area (Å²) in [4.78, 5) is 10.3. The molecule has 1 aromatic rings. The van der Waals surface area contributed by atoms with Gasteiger partial charge in [0.25, 0.3) is 0 Å². The highest BCUT2D eigenvalue weighted by molar-refractivity contribution is 5.82. The lowest BCUT2D eigenvalue weighted by atomic mass is 9.77. The van der Waals surface area contributed by atoms with Crippen LogP contribution in [-0.2, 0) is 0 Å². The third-order valence-corrected chi connectivity index (χ3v) is 2.85. The van der Waals surface area contributed by atoms with Crippen molar-refractivity contribution in [3.8, 4) is 0 Å². The van der Waals surface area contributed by atoms with Crippen molar-refractivity contribution in [1.82, 2.24) is 0 Å². The summed E-state index contributed by atoms with van der Waals surface area (Å²) in [5.41, 5.74) is -0.220. The number of hydrogen-bond acceptors (Lipinski definition) is 2. The Hall–Kier alpha value is -1.69. The summed E-state index contributed by atoms with van der Waals surface area (Å²) in [5, 5.41) is 19.4. The first-order chi connectivity index (χ1) is 7.97. The molecule has 1 saturated carbocycles. The number of aliphatic hydroxyl groups is 1. The largest absolute Gasteiger partial charge is 0.465 e. The highest BCUT2D eigenvalue weighted by Gasteiger charge is 2.33. The minimum Gasteiger partial charge on any atom is -0.465 e. The van der Waals surface area contributed by atoms with E-state index in [0.717, 1.165) is 12.1 Å². The molecule has 0 spiro atoms. The minimum atomic E-state index is -1.38. The van der Waals surface area contributed by atoms with Crippen molar-refractivity contribution in [2.24, 2.45) is 0 Å². The van der Waals surface area contributed by atoms with E-state index in [2.05, 4.69) is 0 Å². The van der Waals surface area contributed by atoms with Crippen LogP contribution < -0.4 is 5.32 Å². The monoisotopic (exact) mass is 243 g/mol. The standard InChI is InChI=1S/C11H11F2NO3/c12-8-3-6(14-11(16)17)4-9(13)10(8)5-1-7(15)2-5/h3-5,7,14-15H,1-2H2,(H,16,17). The Morgan fingerprint density at radius 2 is 1.82 bits per heavy atom. The molecule has 3 N–H and O–H groups in total. The fourth-order valence-electron chi connectivity index (χ4n) is 1.99. The van der Waals surface area contributed by atoms with Gasteiger partial charge in [-0.2, -0.15) is 0 Å². The summed E-state index contributed by atoms with van der Waals surface area (Å²) in [6.07, 6.45) is -1.22. The van der Waals surface area contributed by atoms with Crippen LogP contribution in [0.3, 0.4) is 0 Å². The molecular formula is C11H11F2NO3. The van der Waals surface area contributed by atoms with Crippen LogP contribution in [0.4, 0.5) is 19.3 Å². The van der Waals surface area contributed by atoms with Crippen molar-refractivity contribution in [2.45, 2.75) is 24.9 Å². The average molecular weight is 243 g/mol. The Morgan fingerprint density at radius 3 is 2.24 bits per heavy atom. The molecule has 1 aliphatic carbocycles. The second-order valence-electron chi connectivity index (χ2n) is 4.11. The molecule has 17 heavy (non-hydrogen) atoms. The van der Waals surface area contributed by atoms with Gasteiger partial charge in [0.15, 0.2) is 0 Å². The number of benzene rings is 1. The molecule has 0 heterocycles. The van der Waals surface area contributed by atoms with Crippen LogP contribution in [0, 0.1) is 11.6 Å². The molecule has 1 aliphatic rings. The van der Waals surface area contributed by atoms with Crippen LogP contribution in [-0.4, -0.2) is 22.4 Å². The molecule has 1 amide bonds. The van der Waals surface area contributed by atoms with Gasteiger partial charge in [-0.1, -0.05) is 0 Å². The highest BCUT2D eigenvalue weighted by Crippen LogP contribution is 2.39. The van der Waals surface area contributed by atoms with Crippen molar-refractivity contribution in [1.29, 1.82) is 0 Å². The second-order valence-corrected chi connectivity index (χ2v) is 4.11. The molecule has 0 atom stereocenters. The third-order valence-electron chi connectivity index (χ3n) is 2.85. The van der Waals surface area contributed by atoms with Gasteiger partial charge in [0.05, 0.1) is 6.10 Å². The lowest BCUT2D eigenvalue weighted by Gasteiger charge is -2.32. The Labute approximate surface area is 95.9 Å². The molecule has 0 radical (unpaired) electrons. The molecule has 1 aromatic carbocycles. The van der Waals surface area contributed by atoms with E-state index in [4.69, 9.17) is 10.2 Å². The fourth-order valence-corrected chi connectivity index (χ4v) is 1.99. The van der Waals surface area contributed by atoms with E-state index >= 15 is 0 Å². The number of carbonyl (C=O) groups is 1. The van der Waals surface area contributed by atoms with Gasteiger partial charge < -0.3 is 10.2 Å². The van der Waals surface area contributed by atoms with E-state index < -0.39 is 23.8 Å². The highest BCUT2D eigenvalue weighted by atomic mass is 19.1. The van der Waals surface area contributed by atoms with Gasteiger partial charge in [-0.25, -0.2) is 13.6 Å². The second kappa shape index (κ2) is 4.29. The average Bonchev–Trinajstić information content (AvgIpc) is 2.12. The minimum absolute atomic E-state index is 0.0776. The summed E-state index contributed by atoms with van der Waals surface area (Å²) >= 11 is 0. The first kappa shape index (κ1) is 11.8. The van der Waals surface area contributed by atoms with Crippen LogP contribution >= 0.6 is 0 Å². The van der Waals surface area contributed by atoms with Gasteiger partial charge in [0.1, 0.15) is 11.6 Å². The van der Waals surface area contributed by atoms with E-state index in [1.165, 1.54) is 0 Å². The summed E-state index contributed by atoms with van der Waals surface area (Å²) in [6, 6.07) is 1.88. The molecular weight excluding hydrogens is 232 g/mol. The molecule has 0 aliphatic heterocycles. The molecule has 4 nitrogen and oxygen atoms in total. The van der Waals surface area contributed by atoms with E-state index in [0.29, 0.717) is 12.8 Å². The van der Waals surface area contributed by atoms with Gasteiger partial charge in [-0.15, -0.1) is 0 Å². The first-order valence-corrected chi connectivity index (χ1v) is 5.14. The number of carboxylic acid groups (broad SMARTS) is 1. The number of nitrogens with one attached hydrogen (secondary N) is 1. The van der Waals surface area contributed by atoms with Crippen LogP contribution in [0.1, 0.15) is 24.3 Å². The van der Waals surface area contributed by atoms with E-state index in [1.807, 2.05) is 5.32 Å². The summed E-state index contributed by atoms with van der Waals surface area (Å²) in [6.45, 7) is 0. The maximum Gasteiger partial charge on any atom is 0.409 e. The van der Waals surface area contributed by atoms with Crippen LogP contribution in [0.15, 0.2) is 12.1 Å². The van der Waals surface area contributed by atoms with Crippen molar-refractivity contribution < 1.29 is 23.8 Å². The van der Waals surface area contributed by atoms with Crippen molar-refractivity contribution in [3.05, 3.63) is 29.3 Å². The Bertz CT molecular complexity index is 435. The number of aliphatic hydroxyl groups excluding tert-OH is 1. The molecule has 6 heteroatoms. The maximum atomic E-state index is 13.6. The zero-order valence-corrected chi connectivity index (χ0v) is 8.78.